The van der Waals surface area contributed by atoms with Gasteiger partial charge in [0.2, 0.25) is 0 Å². The molecule has 20 heavy (non-hydrogen) atoms. The van der Waals surface area contributed by atoms with Gasteiger partial charge in [-0.1, -0.05) is 29.8 Å². The van der Waals surface area contributed by atoms with Crippen LogP contribution in [-0.2, 0) is 6.54 Å². The summed E-state index contributed by atoms with van der Waals surface area (Å²) in [6.45, 7) is 2.55. The second-order valence-corrected chi connectivity index (χ2v) is 4.47. The molecular formula is C13H13N4NaO2. The zero-order valence-electron chi connectivity index (χ0n) is 10.3. The zero-order valence-corrected chi connectivity index (χ0v) is 10.3. The number of imidazole rings is 1. The van der Waals surface area contributed by atoms with Crippen molar-refractivity contribution in [1.29, 1.82) is 0 Å². The number of rotatable bonds is 2. The summed E-state index contributed by atoms with van der Waals surface area (Å²) in [5, 5.41) is 0. The van der Waals surface area contributed by atoms with Crippen LogP contribution in [-0.4, -0.2) is 49.1 Å². The van der Waals surface area contributed by atoms with Crippen LogP contribution in [0.5, 0.6) is 0 Å². The minimum atomic E-state index is -0.543. The number of aromatic amines is 2. The van der Waals surface area contributed by atoms with Gasteiger partial charge in [-0.25, -0.2) is 9.78 Å². The first-order chi connectivity index (χ1) is 9.13. The molecule has 3 rings (SSSR count). The van der Waals surface area contributed by atoms with E-state index >= 15 is 0 Å². The van der Waals surface area contributed by atoms with Crippen LogP contribution >= 0.6 is 0 Å². The summed E-state index contributed by atoms with van der Waals surface area (Å²) in [4.78, 5) is 31.7. The van der Waals surface area contributed by atoms with Crippen molar-refractivity contribution >= 4 is 40.7 Å². The maximum atomic E-state index is 11.8. The van der Waals surface area contributed by atoms with Crippen LogP contribution in [0.15, 0.2) is 40.2 Å². The molecule has 0 aliphatic carbocycles. The van der Waals surface area contributed by atoms with E-state index in [9.17, 15) is 9.59 Å². The molecule has 0 spiro atoms. The van der Waals surface area contributed by atoms with E-state index in [0.29, 0.717) is 17.7 Å². The van der Waals surface area contributed by atoms with Crippen LogP contribution in [0.4, 0.5) is 0 Å². The van der Waals surface area contributed by atoms with Crippen molar-refractivity contribution in [3.63, 3.8) is 0 Å². The van der Waals surface area contributed by atoms with E-state index in [-0.39, 0.29) is 29.6 Å². The average molecular weight is 280 g/mol. The number of nitrogens with zero attached hydrogens (tertiary/aromatic N) is 2. The van der Waals surface area contributed by atoms with E-state index in [0.717, 1.165) is 11.1 Å². The minimum absolute atomic E-state index is 0. The van der Waals surface area contributed by atoms with E-state index in [1.165, 1.54) is 0 Å². The van der Waals surface area contributed by atoms with Crippen molar-refractivity contribution in [3.8, 4) is 0 Å². The number of aryl methyl sites for hydroxylation is 1. The number of benzene rings is 1. The number of aromatic nitrogens is 4. The van der Waals surface area contributed by atoms with Crippen LogP contribution in [0.1, 0.15) is 11.1 Å². The number of hydrogen-bond acceptors (Lipinski definition) is 3. The third-order valence-corrected chi connectivity index (χ3v) is 2.95. The van der Waals surface area contributed by atoms with Gasteiger partial charge in [0.05, 0.1) is 6.33 Å². The molecule has 0 saturated carbocycles. The third-order valence-electron chi connectivity index (χ3n) is 2.95. The summed E-state index contributed by atoms with van der Waals surface area (Å²) < 4.78 is 1.72. The molecule has 0 aliphatic rings. The molecular weight excluding hydrogens is 267 g/mol. The van der Waals surface area contributed by atoms with Gasteiger partial charge in [0, 0.05) is 6.54 Å². The van der Waals surface area contributed by atoms with Crippen LogP contribution in [0.3, 0.4) is 0 Å². The Morgan fingerprint density at radius 2 is 2.05 bits per heavy atom. The fraction of sp³-hybridized carbons (Fsp3) is 0.154. The zero-order chi connectivity index (χ0) is 13.4. The standard InChI is InChI=1S/C13H12N4O2.Na.H/c1-8-3-2-4-9(5-8)6-17-7-14-11-10(17)12(18)16-13(19)15-11;;/h2-5,7H,6H2,1H3,(H2,15,16,18,19);;. The Kier molecular flexibility index (Phi) is 4.27. The number of fused-ring (bicyclic) bond motifs is 1. The molecule has 2 N–H and O–H groups in total. The van der Waals surface area contributed by atoms with Gasteiger partial charge in [0.15, 0.2) is 11.2 Å². The van der Waals surface area contributed by atoms with Gasteiger partial charge < -0.3 is 4.57 Å². The maximum absolute atomic E-state index is 11.8. The Morgan fingerprint density at radius 1 is 1.25 bits per heavy atom. The van der Waals surface area contributed by atoms with Crippen molar-refractivity contribution in [2.24, 2.45) is 0 Å². The van der Waals surface area contributed by atoms with Crippen molar-refractivity contribution in [2.45, 2.75) is 13.5 Å². The summed E-state index contributed by atoms with van der Waals surface area (Å²) in [7, 11) is 0. The summed E-state index contributed by atoms with van der Waals surface area (Å²) in [5.74, 6) is 0. The van der Waals surface area contributed by atoms with Crippen molar-refractivity contribution < 1.29 is 0 Å². The molecule has 0 unspecified atom stereocenters. The Morgan fingerprint density at radius 3 is 2.80 bits per heavy atom. The van der Waals surface area contributed by atoms with Crippen LogP contribution in [0, 0.1) is 6.92 Å². The SMILES string of the molecule is Cc1cccc(Cn2cnc3[nH]c(=O)[nH]c(=O)c32)c1.[NaH]. The predicted octanol–water partition coefficient (Wildman–Crippen LogP) is 0.121. The molecule has 7 heteroatoms. The molecule has 98 valence electrons. The molecule has 0 bridgehead atoms. The molecule has 3 aromatic rings. The molecule has 0 amide bonds. The molecule has 2 heterocycles. The Hall–Kier alpha value is -1.63. The second-order valence-electron chi connectivity index (χ2n) is 4.47. The van der Waals surface area contributed by atoms with Crippen LogP contribution in [0.2, 0.25) is 0 Å². The fourth-order valence-corrected chi connectivity index (χ4v) is 2.14. The average Bonchev–Trinajstić information content (AvgIpc) is 2.72. The Labute approximate surface area is 136 Å². The van der Waals surface area contributed by atoms with Gasteiger partial charge in [0.1, 0.15) is 0 Å². The van der Waals surface area contributed by atoms with E-state index in [1.54, 1.807) is 10.9 Å². The van der Waals surface area contributed by atoms with Gasteiger partial charge in [0.25, 0.3) is 5.56 Å². The summed E-state index contributed by atoms with van der Waals surface area (Å²) in [6, 6.07) is 8.01. The van der Waals surface area contributed by atoms with Crippen LogP contribution < -0.4 is 11.2 Å². The van der Waals surface area contributed by atoms with Crippen molar-refractivity contribution in [1.82, 2.24) is 19.5 Å². The van der Waals surface area contributed by atoms with E-state index in [4.69, 9.17) is 0 Å². The number of H-pyrrole nitrogens is 2. The first-order valence-corrected chi connectivity index (χ1v) is 5.86. The van der Waals surface area contributed by atoms with E-state index in [1.807, 2.05) is 31.2 Å². The van der Waals surface area contributed by atoms with Gasteiger partial charge in [-0.2, -0.15) is 0 Å². The summed E-state index contributed by atoms with van der Waals surface area (Å²) in [6.07, 6.45) is 1.55. The molecule has 0 fully saturated rings. The van der Waals surface area contributed by atoms with Gasteiger partial charge in [-0.15, -0.1) is 0 Å². The molecule has 0 atom stereocenters. The number of hydrogen-bond donors (Lipinski definition) is 2. The molecule has 0 aliphatic heterocycles. The predicted molar refractivity (Wildman–Crippen MR) is 78.4 cm³/mol. The second kappa shape index (κ2) is 5.78. The summed E-state index contributed by atoms with van der Waals surface area (Å²) >= 11 is 0. The quantitative estimate of drug-likeness (QED) is 0.654. The van der Waals surface area contributed by atoms with Gasteiger partial charge in [-0.05, 0) is 12.5 Å². The third kappa shape index (κ3) is 2.77. The van der Waals surface area contributed by atoms with Gasteiger partial charge in [-0.3, -0.25) is 14.8 Å². The number of nitrogens with one attached hydrogen (secondary N) is 2. The van der Waals surface area contributed by atoms with E-state index in [2.05, 4.69) is 15.0 Å². The molecule has 1 aromatic carbocycles. The molecule has 0 radical (unpaired) electrons. The molecule has 6 nitrogen and oxygen atoms in total. The van der Waals surface area contributed by atoms with E-state index < -0.39 is 11.2 Å². The van der Waals surface area contributed by atoms with Crippen molar-refractivity contribution in [2.75, 3.05) is 0 Å². The summed E-state index contributed by atoms with van der Waals surface area (Å²) in [5.41, 5.74) is 1.94. The topological polar surface area (TPSA) is 83.5 Å². The first kappa shape index (κ1) is 14.8. The first-order valence-electron chi connectivity index (χ1n) is 5.86. The fourth-order valence-electron chi connectivity index (χ4n) is 2.14. The Balaban J connectivity index is 0.00000147. The van der Waals surface area contributed by atoms with Crippen molar-refractivity contribution in [3.05, 3.63) is 62.6 Å². The monoisotopic (exact) mass is 280 g/mol. The Bertz CT molecular complexity index is 862. The van der Waals surface area contributed by atoms with Gasteiger partial charge >= 0.3 is 35.2 Å². The molecule has 2 aromatic heterocycles. The molecule has 0 saturated heterocycles. The normalized spacial score (nSPS) is 10.4. The van der Waals surface area contributed by atoms with Crippen LogP contribution in [0.25, 0.3) is 11.2 Å².